The molecule has 0 saturated heterocycles. The first-order valence-electron chi connectivity index (χ1n) is 4.34. The summed E-state index contributed by atoms with van der Waals surface area (Å²) in [5.74, 6) is 0.345. The van der Waals surface area contributed by atoms with E-state index in [4.69, 9.17) is 11.5 Å². The minimum absolute atomic E-state index is 0.345. The summed E-state index contributed by atoms with van der Waals surface area (Å²) >= 11 is 1.44. The normalized spacial score (nSPS) is 10.5. The summed E-state index contributed by atoms with van der Waals surface area (Å²) in [6.45, 7) is 0. The summed E-state index contributed by atoms with van der Waals surface area (Å²) in [5, 5.41) is 4.86. The number of hydrogen-bond donors (Lipinski definition) is 2. The van der Waals surface area contributed by atoms with Gasteiger partial charge in [0.05, 0.1) is 11.4 Å². The van der Waals surface area contributed by atoms with E-state index >= 15 is 0 Å². The van der Waals surface area contributed by atoms with Crippen LogP contribution >= 0.6 is 11.8 Å². The lowest BCUT2D eigenvalue weighted by Crippen LogP contribution is -2.05. The number of nitrogens with zero attached hydrogens (tertiary/aromatic N) is 3. The van der Waals surface area contributed by atoms with Crippen LogP contribution in [-0.4, -0.2) is 21.0 Å². The van der Waals surface area contributed by atoms with Crippen LogP contribution in [0.5, 0.6) is 0 Å². The first kappa shape index (κ1) is 9.85. The lowest BCUT2D eigenvalue weighted by atomic mass is 10.3. The van der Waals surface area contributed by atoms with E-state index in [1.165, 1.54) is 11.8 Å². The number of hydrogen-bond acceptors (Lipinski definition) is 5. The molecule has 0 amide bonds. The van der Waals surface area contributed by atoms with Gasteiger partial charge in [-0.05, 0) is 18.4 Å². The highest BCUT2D eigenvalue weighted by molar-refractivity contribution is 7.98. The molecule has 0 bridgehead atoms. The fourth-order valence-corrected chi connectivity index (χ4v) is 1.60. The standard InChI is InChI=1S/C9H11N5S/c1-15-9-12-8(11)14(13-9)7-5-3-2-4-6(7)10/h2-5H,10H2,1H3,(H2,11,12,13). The molecule has 4 N–H and O–H groups in total. The van der Waals surface area contributed by atoms with Crippen LogP contribution < -0.4 is 11.5 Å². The van der Waals surface area contributed by atoms with Crippen LogP contribution in [0, 0.1) is 0 Å². The topological polar surface area (TPSA) is 82.8 Å². The predicted molar refractivity (Wildman–Crippen MR) is 62.0 cm³/mol. The van der Waals surface area contributed by atoms with Gasteiger partial charge in [-0.25, -0.2) is 0 Å². The van der Waals surface area contributed by atoms with Gasteiger partial charge >= 0.3 is 0 Å². The van der Waals surface area contributed by atoms with Crippen molar-refractivity contribution in [2.24, 2.45) is 0 Å². The van der Waals surface area contributed by atoms with Gasteiger partial charge in [-0.2, -0.15) is 9.67 Å². The largest absolute Gasteiger partial charge is 0.397 e. The maximum absolute atomic E-state index is 5.82. The van der Waals surface area contributed by atoms with Crippen molar-refractivity contribution in [2.75, 3.05) is 17.7 Å². The van der Waals surface area contributed by atoms with Gasteiger partial charge in [-0.15, -0.1) is 5.10 Å². The quantitative estimate of drug-likeness (QED) is 0.587. The lowest BCUT2D eigenvalue weighted by Gasteiger charge is -2.04. The van der Waals surface area contributed by atoms with E-state index in [0.29, 0.717) is 16.8 Å². The molecular formula is C9H11N5S. The number of nitrogens with two attached hydrogens (primary N) is 2. The van der Waals surface area contributed by atoms with Gasteiger partial charge in [-0.1, -0.05) is 23.9 Å². The third kappa shape index (κ3) is 1.75. The first-order valence-corrected chi connectivity index (χ1v) is 5.56. The Bertz CT molecular complexity index is 479. The third-order valence-electron chi connectivity index (χ3n) is 1.96. The molecule has 2 rings (SSSR count). The molecule has 2 aromatic rings. The van der Waals surface area contributed by atoms with Gasteiger partial charge < -0.3 is 11.5 Å². The number of benzene rings is 1. The minimum atomic E-state index is 0.345. The van der Waals surface area contributed by atoms with Crippen molar-refractivity contribution in [2.45, 2.75) is 5.16 Å². The monoisotopic (exact) mass is 221 g/mol. The molecule has 0 unspecified atom stereocenters. The van der Waals surface area contributed by atoms with Crippen molar-refractivity contribution in [1.29, 1.82) is 0 Å². The number of aromatic nitrogens is 3. The van der Waals surface area contributed by atoms with E-state index in [1.54, 1.807) is 10.7 Å². The lowest BCUT2D eigenvalue weighted by molar-refractivity contribution is 0.843. The van der Waals surface area contributed by atoms with Gasteiger partial charge in [0.1, 0.15) is 0 Å². The van der Waals surface area contributed by atoms with Crippen LogP contribution in [0.3, 0.4) is 0 Å². The molecule has 0 atom stereocenters. The number of anilines is 2. The van der Waals surface area contributed by atoms with Crippen LogP contribution in [0.4, 0.5) is 11.6 Å². The summed E-state index contributed by atoms with van der Waals surface area (Å²) in [5.41, 5.74) is 12.9. The zero-order valence-corrected chi connectivity index (χ0v) is 9.03. The summed E-state index contributed by atoms with van der Waals surface area (Å²) in [6, 6.07) is 7.40. The molecule has 0 aliphatic rings. The zero-order chi connectivity index (χ0) is 10.8. The van der Waals surface area contributed by atoms with Crippen molar-refractivity contribution >= 4 is 23.4 Å². The zero-order valence-electron chi connectivity index (χ0n) is 8.21. The van der Waals surface area contributed by atoms with Gasteiger partial charge in [0, 0.05) is 0 Å². The molecule has 0 saturated carbocycles. The summed E-state index contributed by atoms with van der Waals surface area (Å²) in [6.07, 6.45) is 1.90. The van der Waals surface area contributed by atoms with E-state index in [1.807, 2.05) is 24.5 Å². The maximum Gasteiger partial charge on any atom is 0.224 e. The second kappa shape index (κ2) is 3.82. The first-order chi connectivity index (χ1) is 7.22. The SMILES string of the molecule is CSc1nc(N)n(-c2ccccc2N)n1. The van der Waals surface area contributed by atoms with E-state index in [-0.39, 0.29) is 0 Å². The Labute approximate surface area is 91.5 Å². The smallest absolute Gasteiger partial charge is 0.224 e. The molecule has 0 aliphatic heterocycles. The molecule has 6 heteroatoms. The molecular weight excluding hydrogens is 210 g/mol. The Kier molecular flexibility index (Phi) is 2.51. The van der Waals surface area contributed by atoms with Crippen LogP contribution in [0.15, 0.2) is 29.4 Å². The van der Waals surface area contributed by atoms with Crippen molar-refractivity contribution in [3.8, 4) is 5.69 Å². The van der Waals surface area contributed by atoms with E-state index in [9.17, 15) is 0 Å². The second-order valence-electron chi connectivity index (χ2n) is 2.93. The van der Waals surface area contributed by atoms with Crippen LogP contribution in [0.1, 0.15) is 0 Å². The fraction of sp³-hybridized carbons (Fsp3) is 0.111. The van der Waals surface area contributed by atoms with Gasteiger partial charge in [0.2, 0.25) is 11.1 Å². The minimum Gasteiger partial charge on any atom is -0.397 e. The van der Waals surface area contributed by atoms with Crippen molar-refractivity contribution in [3.63, 3.8) is 0 Å². The fourth-order valence-electron chi connectivity index (χ4n) is 1.25. The second-order valence-corrected chi connectivity index (χ2v) is 3.70. The van der Waals surface area contributed by atoms with Gasteiger partial charge in [-0.3, -0.25) is 0 Å². The van der Waals surface area contributed by atoms with Gasteiger partial charge in [0.15, 0.2) is 0 Å². The number of rotatable bonds is 2. The Morgan fingerprint density at radius 3 is 2.60 bits per heavy atom. The average molecular weight is 221 g/mol. The molecule has 0 spiro atoms. The Balaban J connectivity index is 2.54. The van der Waals surface area contributed by atoms with Gasteiger partial charge in [0.25, 0.3) is 0 Å². The molecule has 0 aliphatic carbocycles. The summed E-state index contributed by atoms with van der Waals surface area (Å²) in [4.78, 5) is 4.08. The van der Waals surface area contributed by atoms with Crippen LogP contribution in [0.25, 0.3) is 5.69 Å². The van der Waals surface area contributed by atoms with Crippen molar-refractivity contribution < 1.29 is 0 Å². The molecule has 0 radical (unpaired) electrons. The number of para-hydroxylation sites is 2. The predicted octanol–water partition coefficient (Wildman–Crippen LogP) is 1.15. The summed E-state index contributed by atoms with van der Waals surface area (Å²) < 4.78 is 1.54. The molecule has 1 aromatic carbocycles. The molecule has 1 heterocycles. The molecule has 1 aromatic heterocycles. The summed E-state index contributed by atoms with van der Waals surface area (Å²) in [7, 11) is 0. The molecule has 5 nitrogen and oxygen atoms in total. The van der Waals surface area contributed by atoms with Crippen LogP contribution in [0.2, 0.25) is 0 Å². The number of nitrogen functional groups attached to an aromatic ring is 2. The molecule has 78 valence electrons. The van der Waals surface area contributed by atoms with Crippen LogP contribution in [-0.2, 0) is 0 Å². The maximum atomic E-state index is 5.82. The van der Waals surface area contributed by atoms with Crippen molar-refractivity contribution in [3.05, 3.63) is 24.3 Å². The Hall–Kier alpha value is -1.69. The highest BCUT2D eigenvalue weighted by Crippen LogP contribution is 2.20. The average Bonchev–Trinajstić information content (AvgIpc) is 2.60. The van der Waals surface area contributed by atoms with E-state index in [2.05, 4.69) is 10.1 Å². The molecule has 0 fully saturated rings. The van der Waals surface area contributed by atoms with E-state index in [0.717, 1.165) is 5.69 Å². The highest BCUT2D eigenvalue weighted by Gasteiger charge is 2.09. The molecule has 15 heavy (non-hydrogen) atoms. The number of thioether (sulfide) groups is 1. The Morgan fingerprint density at radius 2 is 2.00 bits per heavy atom. The van der Waals surface area contributed by atoms with E-state index < -0.39 is 0 Å². The van der Waals surface area contributed by atoms with Crippen molar-refractivity contribution in [1.82, 2.24) is 14.8 Å². The Morgan fingerprint density at radius 1 is 1.27 bits per heavy atom. The third-order valence-corrected chi connectivity index (χ3v) is 2.50. The highest BCUT2D eigenvalue weighted by atomic mass is 32.2.